The molecule has 3 heterocycles. The van der Waals surface area contributed by atoms with Crippen molar-refractivity contribution in [3.05, 3.63) is 36.1 Å². The minimum atomic E-state index is -0.366. The molecule has 8 nitrogen and oxygen atoms in total. The Hall–Kier alpha value is -2.94. The van der Waals surface area contributed by atoms with Crippen molar-refractivity contribution in [2.45, 2.75) is 50.6 Å². The molecule has 1 N–H and O–H groups in total. The van der Waals surface area contributed by atoms with Crippen LogP contribution in [0.3, 0.4) is 0 Å². The largest absolute Gasteiger partial charge is 0.360 e. The number of carbonyl (C=O) groups is 1. The summed E-state index contributed by atoms with van der Waals surface area (Å²) >= 11 is 1.31. The van der Waals surface area contributed by atoms with Crippen LogP contribution in [0.15, 0.2) is 40.0 Å². The number of para-hydroxylation sites is 1. The van der Waals surface area contributed by atoms with Crippen LogP contribution in [0, 0.1) is 6.92 Å². The van der Waals surface area contributed by atoms with E-state index in [-0.39, 0.29) is 11.2 Å². The van der Waals surface area contributed by atoms with E-state index in [4.69, 9.17) is 9.51 Å². The van der Waals surface area contributed by atoms with Crippen molar-refractivity contribution in [2.75, 3.05) is 5.32 Å². The highest BCUT2D eigenvalue weighted by Gasteiger charge is 2.22. The Morgan fingerprint density at radius 2 is 2.10 bits per heavy atom. The van der Waals surface area contributed by atoms with E-state index < -0.39 is 0 Å². The lowest BCUT2D eigenvalue weighted by atomic mass is 10.2. The van der Waals surface area contributed by atoms with Crippen LogP contribution in [0.4, 0.5) is 5.82 Å². The molecule has 1 aromatic carbocycles. The molecule has 4 rings (SSSR count). The van der Waals surface area contributed by atoms with Gasteiger partial charge >= 0.3 is 0 Å². The van der Waals surface area contributed by atoms with Crippen LogP contribution in [0.5, 0.6) is 0 Å². The van der Waals surface area contributed by atoms with Gasteiger partial charge in [0.2, 0.25) is 11.1 Å². The number of rotatable bonds is 7. The fourth-order valence-corrected chi connectivity index (χ4v) is 4.08. The van der Waals surface area contributed by atoms with Crippen molar-refractivity contribution >= 4 is 45.6 Å². The lowest BCUT2D eigenvalue weighted by Gasteiger charge is -2.12. The summed E-state index contributed by atoms with van der Waals surface area (Å²) in [4.78, 5) is 17.4. The third-order valence-corrected chi connectivity index (χ3v) is 5.81. The average molecular weight is 411 g/mol. The summed E-state index contributed by atoms with van der Waals surface area (Å²) in [7, 11) is 0. The summed E-state index contributed by atoms with van der Waals surface area (Å²) in [5.41, 5.74) is 2.68. The van der Waals surface area contributed by atoms with Crippen LogP contribution in [0.25, 0.3) is 22.1 Å². The Kier molecular flexibility index (Phi) is 5.48. The first-order chi connectivity index (χ1) is 14.1. The molecule has 0 aliphatic carbocycles. The second-order valence-electron chi connectivity index (χ2n) is 6.76. The third kappa shape index (κ3) is 3.82. The summed E-state index contributed by atoms with van der Waals surface area (Å²) in [5, 5.41) is 16.5. The standard InChI is InChI=1S/C20H22N6O2S/c1-4-10-26-14-9-7-6-8-13(14)17-18(26)22-20(24-23-17)29-15(5-2)19(27)21-16-11-12(3)28-25-16/h6-9,11,15H,4-5,10H2,1-3H3,(H,21,25,27). The number of aromatic nitrogens is 5. The summed E-state index contributed by atoms with van der Waals surface area (Å²) in [6.07, 6.45) is 1.60. The number of anilines is 1. The molecule has 0 radical (unpaired) electrons. The maximum Gasteiger partial charge on any atom is 0.239 e. The van der Waals surface area contributed by atoms with Crippen LogP contribution in [-0.2, 0) is 11.3 Å². The highest BCUT2D eigenvalue weighted by Crippen LogP contribution is 2.29. The molecule has 1 amide bonds. The predicted molar refractivity (Wildman–Crippen MR) is 113 cm³/mol. The quantitative estimate of drug-likeness (QED) is 0.456. The third-order valence-electron chi connectivity index (χ3n) is 4.59. The van der Waals surface area contributed by atoms with Gasteiger partial charge in [0, 0.05) is 18.0 Å². The number of thioether (sulfide) groups is 1. The van der Waals surface area contributed by atoms with E-state index in [1.807, 2.05) is 25.1 Å². The van der Waals surface area contributed by atoms with E-state index in [0.29, 0.717) is 23.2 Å². The van der Waals surface area contributed by atoms with Gasteiger partial charge in [-0.2, -0.15) is 0 Å². The molecule has 29 heavy (non-hydrogen) atoms. The zero-order chi connectivity index (χ0) is 20.4. The van der Waals surface area contributed by atoms with Crippen LogP contribution < -0.4 is 5.32 Å². The second kappa shape index (κ2) is 8.20. The molecular formula is C20H22N6O2S. The van der Waals surface area contributed by atoms with Crippen molar-refractivity contribution in [3.8, 4) is 0 Å². The monoisotopic (exact) mass is 410 g/mol. The van der Waals surface area contributed by atoms with E-state index in [0.717, 1.165) is 35.0 Å². The number of nitrogens with one attached hydrogen (secondary N) is 1. The fraction of sp³-hybridized carbons (Fsp3) is 0.350. The van der Waals surface area contributed by atoms with Crippen LogP contribution >= 0.6 is 11.8 Å². The molecule has 1 unspecified atom stereocenters. The Morgan fingerprint density at radius 3 is 2.83 bits per heavy atom. The van der Waals surface area contributed by atoms with Gasteiger partial charge in [-0.05, 0) is 25.8 Å². The first kappa shape index (κ1) is 19.4. The molecule has 0 aliphatic heterocycles. The Balaban J connectivity index is 1.63. The summed E-state index contributed by atoms with van der Waals surface area (Å²) in [5.74, 6) is 0.885. The zero-order valence-electron chi connectivity index (χ0n) is 16.5. The van der Waals surface area contributed by atoms with Crippen LogP contribution in [-0.4, -0.2) is 36.1 Å². The molecular weight excluding hydrogens is 388 g/mol. The molecule has 4 aromatic rings. The summed E-state index contributed by atoms with van der Waals surface area (Å²) in [6.45, 7) is 6.70. The van der Waals surface area contributed by atoms with Gasteiger partial charge in [0.05, 0.1) is 10.8 Å². The minimum absolute atomic E-state index is 0.163. The molecule has 3 aromatic heterocycles. The van der Waals surface area contributed by atoms with Crippen molar-refractivity contribution in [1.29, 1.82) is 0 Å². The highest BCUT2D eigenvalue weighted by atomic mass is 32.2. The van der Waals surface area contributed by atoms with Crippen molar-refractivity contribution in [3.63, 3.8) is 0 Å². The molecule has 0 spiro atoms. The number of carbonyl (C=O) groups excluding carboxylic acids is 1. The number of benzene rings is 1. The number of amides is 1. The van der Waals surface area contributed by atoms with Crippen molar-refractivity contribution in [2.24, 2.45) is 0 Å². The molecule has 0 bridgehead atoms. The van der Waals surface area contributed by atoms with Gasteiger partial charge in [-0.3, -0.25) is 4.79 Å². The summed E-state index contributed by atoms with van der Waals surface area (Å²) < 4.78 is 7.17. The second-order valence-corrected chi connectivity index (χ2v) is 7.93. The SMILES string of the molecule is CCCn1c2ccccc2c2nnc(SC(CC)C(=O)Nc3cc(C)on3)nc21. The van der Waals surface area contributed by atoms with E-state index in [9.17, 15) is 4.79 Å². The smallest absolute Gasteiger partial charge is 0.239 e. The van der Waals surface area contributed by atoms with Crippen molar-refractivity contribution < 1.29 is 9.32 Å². The summed E-state index contributed by atoms with van der Waals surface area (Å²) in [6, 6.07) is 9.80. The number of fused-ring (bicyclic) bond motifs is 3. The number of hydrogen-bond acceptors (Lipinski definition) is 7. The highest BCUT2D eigenvalue weighted by molar-refractivity contribution is 8.00. The van der Waals surface area contributed by atoms with Gasteiger partial charge in [-0.1, -0.05) is 49.0 Å². The lowest BCUT2D eigenvalue weighted by Crippen LogP contribution is -2.25. The number of aryl methyl sites for hydroxylation is 2. The zero-order valence-corrected chi connectivity index (χ0v) is 17.4. The first-order valence-corrected chi connectivity index (χ1v) is 10.5. The minimum Gasteiger partial charge on any atom is -0.360 e. The Bertz CT molecular complexity index is 1170. The normalized spacial score (nSPS) is 12.5. The molecule has 150 valence electrons. The van der Waals surface area contributed by atoms with Gasteiger partial charge in [-0.25, -0.2) is 4.98 Å². The maximum absolute atomic E-state index is 12.6. The fourth-order valence-electron chi connectivity index (χ4n) is 3.27. The first-order valence-electron chi connectivity index (χ1n) is 9.63. The number of hydrogen-bond donors (Lipinski definition) is 1. The van der Waals surface area contributed by atoms with Crippen molar-refractivity contribution in [1.82, 2.24) is 24.9 Å². The predicted octanol–water partition coefficient (Wildman–Crippen LogP) is 4.20. The topological polar surface area (TPSA) is 98.7 Å². The number of nitrogens with zero attached hydrogens (tertiary/aromatic N) is 5. The maximum atomic E-state index is 12.6. The van der Waals surface area contributed by atoms with Crippen LogP contribution in [0.2, 0.25) is 0 Å². The van der Waals surface area contributed by atoms with Gasteiger partial charge in [-0.15, -0.1) is 10.2 Å². The van der Waals surface area contributed by atoms with Crippen LogP contribution in [0.1, 0.15) is 32.4 Å². The molecule has 0 saturated heterocycles. The van der Waals surface area contributed by atoms with E-state index >= 15 is 0 Å². The average Bonchev–Trinajstić information content (AvgIpc) is 3.27. The van der Waals surface area contributed by atoms with Gasteiger partial charge in [0.25, 0.3) is 0 Å². The van der Waals surface area contributed by atoms with Gasteiger partial charge < -0.3 is 14.4 Å². The van der Waals surface area contributed by atoms with Gasteiger partial charge in [0.1, 0.15) is 11.3 Å². The van der Waals surface area contributed by atoms with E-state index in [1.54, 1.807) is 13.0 Å². The molecule has 9 heteroatoms. The molecule has 0 saturated carbocycles. The molecule has 0 fully saturated rings. The lowest BCUT2D eigenvalue weighted by molar-refractivity contribution is -0.115. The Labute approximate surface area is 172 Å². The van der Waals surface area contributed by atoms with E-state index in [1.165, 1.54) is 11.8 Å². The Morgan fingerprint density at radius 1 is 1.28 bits per heavy atom. The van der Waals surface area contributed by atoms with Gasteiger partial charge in [0.15, 0.2) is 11.5 Å². The molecule has 0 aliphatic rings. The molecule has 1 atom stereocenters. The van der Waals surface area contributed by atoms with E-state index in [2.05, 4.69) is 38.2 Å².